The second kappa shape index (κ2) is 17.8. The molecular weight excluding hydrogens is 392 g/mol. The summed E-state index contributed by atoms with van der Waals surface area (Å²) in [6.07, 6.45) is 20.3. The maximum atomic E-state index is 12.7. The molecule has 0 saturated heterocycles. The van der Waals surface area contributed by atoms with Crippen molar-refractivity contribution in [2.45, 2.75) is 128 Å². The van der Waals surface area contributed by atoms with Crippen LogP contribution in [0.4, 0.5) is 0 Å². The zero-order chi connectivity index (χ0) is 21.9. The summed E-state index contributed by atoms with van der Waals surface area (Å²) < 4.78 is 30.7. The van der Waals surface area contributed by atoms with Crippen LogP contribution in [-0.2, 0) is 20.7 Å². The average Bonchev–Trinajstić information content (AvgIpc) is 2.74. The lowest BCUT2D eigenvalue weighted by Crippen LogP contribution is -2.10. The van der Waals surface area contributed by atoms with Crippen molar-refractivity contribution in [2.75, 3.05) is 6.61 Å². The van der Waals surface area contributed by atoms with Crippen LogP contribution >= 0.6 is 0 Å². The third kappa shape index (κ3) is 12.7. The van der Waals surface area contributed by atoms with Gasteiger partial charge in [-0.3, -0.25) is 4.18 Å². The highest BCUT2D eigenvalue weighted by Crippen LogP contribution is 2.21. The molecule has 0 aliphatic carbocycles. The van der Waals surface area contributed by atoms with Gasteiger partial charge in [0, 0.05) is 0 Å². The number of hydrogen-bond acceptors (Lipinski definition) is 3. The van der Waals surface area contributed by atoms with E-state index in [2.05, 4.69) is 13.8 Å². The van der Waals surface area contributed by atoms with Gasteiger partial charge < -0.3 is 0 Å². The van der Waals surface area contributed by atoms with Crippen LogP contribution < -0.4 is 0 Å². The highest BCUT2D eigenvalue weighted by atomic mass is 32.2. The van der Waals surface area contributed by atoms with Crippen molar-refractivity contribution in [3.8, 4) is 0 Å². The Bertz CT molecular complexity index is 625. The molecule has 0 N–H and O–H groups in total. The minimum atomic E-state index is -3.65. The van der Waals surface area contributed by atoms with Gasteiger partial charge >= 0.3 is 0 Å². The van der Waals surface area contributed by atoms with Crippen molar-refractivity contribution in [3.63, 3.8) is 0 Å². The zero-order valence-corrected chi connectivity index (χ0v) is 20.5. The molecule has 1 rings (SSSR count). The van der Waals surface area contributed by atoms with Gasteiger partial charge in [0.1, 0.15) is 0 Å². The molecule has 30 heavy (non-hydrogen) atoms. The summed E-state index contributed by atoms with van der Waals surface area (Å²) in [5, 5.41) is 0. The Balaban J connectivity index is 2.29. The first-order valence-corrected chi connectivity index (χ1v) is 14.0. The summed E-state index contributed by atoms with van der Waals surface area (Å²) >= 11 is 0. The predicted octanol–water partition coefficient (Wildman–Crippen LogP) is 8.22. The molecule has 3 nitrogen and oxygen atoms in total. The minimum absolute atomic E-state index is 0.295. The topological polar surface area (TPSA) is 43.4 Å². The molecule has 0 aliphatic heterocycles. The fourth-order valence-corrected chi connectivity index (χ4v) is 5.07. The van der Waals surface area contributed by atoms with Gasteiger partial charge in [-0.05, 0) is 30.9 Å². The first-order chi connectivity index (χ1) is 14.6. The molecule has 0 amide bonds. The van der Waals surface area contributed by atoms with Crippen molar-refractivity contribution in [1.29, 1.82) is 0 Å². The van der Waals surface area contributed by atoms with Gasteiger partial charge in [-0.25, -0.2) is 0 Å². The fraction of sp³-hybridized carbons (Fsp3) is 0.769. The predicted molar refractivity (Wildman–Crippen MR) is 129 cm³/mol. The lowest BCUT2D eigenvalue weighted by Gasteiger charge is -2.11. The number of aryl methyl sites for hydroxylation is 1. The van der Waals surface area contributed by atoms with Gasteiger partial charge in [0.25, 0.3) is 10.1 Å². The maximum Gasteiger partial charge on any atom is 0.297 e. The largest absolute Gasteiger partial charge is 0.297 e. The lowest BCUT2D eigenvalue weighted by molar-refractivity contribution is 0.305. The Hall–Kier alpha value is -0.870. The van der Waals surface area contributed by atoms with Crippen LogP contribution in [0.1, 0.15) is 122 Å². The summed E-state index contributed by atoms with van der Waals surface area (Å²) in [4.78, 5) is 0.368. The smallest absolute Gasteiger partial charge is 0.266 e. The molecule has 174 valence electrons. The molecule has 0 radical (unpaired) electrons. The molecule has 0 unspecified atom stereocenters. The van der Waals surface area contributed by atoms with E-state index in [9.17, 15) is 8.42 Å². The van der Waals surface area contributed by atoms with E-state index in [1.165, 1.54) is 83.5 Å². The average molecular weight is 439 g/mol. The van der Waals surface area contributed by atoms with Crippen molar-refractivity contribution >= 4 is 10.1 Å². The summed E-state index contributed by atoms with van der Waals surface area (Å²) in [5.41, 5.74) is 0.902. The van der Waals surface area contributed by atoms with E-state index in [0.717, 1.165) is 31.2 Å². The molecule has 1 aromatic carbocycles. The molecule has 0 heterocycles. The molecule has 4 heteroatoms. The standard InChI is InChI=1S/C26H46O3S/c1-3-5-7-9-11-13-15-17-21-25-22-18-19-23-26(25)30(27,28)29-24-20-16-14-12-10-8-6-4-2/h18-19,22-23H,3-17,20-21,24H2,1-2H3. The van der Waals surface area contributed by atoms with Gasteiger partial charge in [0.15, 0.2) is 0 Å². The van der Waals surface area contributed by atoms with E-state index < -0.39 is 10.1 Å². The van der Waals surface area contributed by atoms with Crippen LogP contribution in [0.2, 0.25) is 0 Å². The molecule has 0 fully saturated rings. The van der Waals surface area contributed by atoms with Gasteiger partial charge in [-0.1, -0.05) is 122 Å². The third-order valence-electron chi connectivity index (χ3n) is 5.78. The van der Waals surface area contributed by atoms with Gasteiger partial charge in [-0.2, -0.15) is 8.42 Å². The van der Waals surface area contributed by atoms with Crippen LogP contribution in [0.15, 0.2) is 29.2 Å². The van der Waals surface area contributed by atoms with E-state index in [1.807, 2.05) is 12.1 Å². The van der Waals surface area contributed by atoms with Crippen molar-refractivity contribution in [2.24, 2.45) is 0 Å². The SMILES string of the molecule is CCCCCCCCCCOS(=O)(=O)c1ccccc1CCCCCCCCCC. The monoisotopic (exact) mass is 438 g/mol. The van der Waals surface area contributed by atoms with Crippen LogP contribution in [0, 0.1) is 0 Å². The van der Waals surface area contributed by atoms with Crippen molar-refractivity contribution < 1.29 is 12.6 Å². The van der Waals surface area contributed by atoms with E-state index in [1.54, 1.807) is 12.1 Å². The molecule has 0 saturated carbocycles. The first kappa shape index (κ1) is 27.2. The summed E-state index contributed by atoms with van der Waals surface area (Å²) in [5.74, 6) is 0. The van der Waals surface area contributed by atoms with Crippen molar-refractivity contribution in [1.82, 2.24) is 0 Å². The Morgan fingerprint density at radius 1 is 0.633 bits per heavy atom. The quantitative estimate of drug-likeness (QED) is 0.152. The number of rotatable bonds is 20. The number of benzene rings is 1. The Morgan fingerprint density at radius 2 is 1.10 bits per heavy atom. The third-order valence-corrected chi connectivity index (χ3v) is 7.19. The highest BCUT2D eigenvalue weighted by Gasteiger charge is 2.18. The molecule has 0 aromatic heterocycles. The zero-order valence-electron chi connectivity index (χ0n) is 19.7. The summed E-state index contributed by atoms with van der Waals surface area (Å²) in [7, 11) is -3.65. The second-order valence-corrected chi connectivity index (χ2v) is 10.2. The van der Waals surface area contributed by atoms with E-state index >= 15 is 0 Å². The molecule has 0 aliphatic rings. The molecular formula is C26H46O3S. The molecule has 1 aromatic rings. The molecule has 0 atom stereocenters. The Labute approximate surface area is 187 Å². The first-order valence-electron chi connectivity index (χ1n) is 12.6. The van der Waals surface area contributed by atoms with Crippen LogP contribution in [0.25, 0.3) is 0 Å². The van der Waals surface area contributed by atoms with Crippen LogP contribution in [0.3, 0.4) is 0 Å². The molecule has 0 bridgehead atoms. The van der Waals surface area contributed by atoms with Gasteiger partial charge in [0.05, 0.1) is 11.5 Å². The number of unbranched alkanes of at least 4 members (excludes halogenated alkanes) is 14. The molecule has 0 spiro atoms. The fourth-order valence-electron chi connectivity index (χ4n) is 3.87. The van der Waals surface area contributed by atoms with Gasteiger partial charge in [0.2, 0.25) is 0 Å². The minimum Gasteiger partial charge on any atom is -0.266 e. The second-order valence-electron chi connectivity index (χ2n) is 8.58. The van der Waals surface area contributed by atoms with E-state index in [0.29, 0.717) is 11.5 Å². The highest BCUT2D eigenvalue weighted by molar-refractivity contribution is 7.86. The Kier molecular flexibility index (Phi) is 16.1. The lowest BCUT2D eigenvalue weighted by atomic mass is 10.0. The van der Waals surface area contributed by atoms with Crippen LogP contribution in [0.5, 0.6) is 0 Å². The summed E-state index contributed by atoms with van der Waals surface area (Å²) in [6, 6.07) is 7.36. The summed E-state index contributed by atoms with van der Waals surface area (Å²) in [6.45, 7) is 4.76. The van der Waals surface area contributed by atoms with E-state index in [-0.39, 0.29) is 0 Å². The van der Waals surface area contributed by atoms with Crippen molar-refractivity contribution in [3.05, 3.63) is 29.8 Å². The van der Waals surface area contributed by atoms with Gasteiger partial charge in [-0.15, -0.1) is 0 Å². The number of hydrogen-bond donors (Lipinski definition) is 0. The Morgan fingerprint density at radius 3 is 1.67 bits per heavy atom. The van der Waals surface area contributed by atoms with Crippen LogP contribution in [-0.4, -0.2) is 15.0 Å². The van der Waals surface area contributed by atoms with E-state index in [4.69, 9.17) is 4.18 Å². The maximum absolute atomic E-state index is 12.7. The normalized spacial score (nSPS) is 11.8.